The molecule has 1 amide bonds. The van der Waals surface area contributed by atoms with Crippen LogP contribution in [0.4, 0.5) is 18.0 Å². The summed E-state index contributed by atoms with van der Waals surface area (Å²) in [5.41, 5.74) is -1.71. The number of likely N-dealkylation sites (tertiary alicyclic amines) is 1. The van der Waals surface area contributed by atoms with Crippen LogP contribution in [0.25, 0.3) is 6.08 Å². The average molecular weight is 894 g/mol. The maximum absolute atomic E-state index is 15.8. The molecular weight excluding hydrogens is 850 g/mol. The van der Waals surface area contributed by atoms with E-state index in [1.807, 2.05) is 6.07 Å². The molecule has 61 heavy (non-hydrogen) atoms. The Morgan fingerprint density at radius 2 is 1.79 bits per heavy atom. The number of nitrogens with zero attached hydrogens (tertiary/aromatic N) is 5. The minimum atomic E-state index is -4.67. The third-order valence-corrected chi connectivity index (χ3v) is 11.4. The first kappa shape index (κ1) is 47.0. The monoisotopic (exact) mass is 893 g/mol. The number of halogens is 3. The van der Waals surface area contributed by atoms with Gasteiger partial charge in [0.25, 0.3) is 0 Å². The van der Waals surface area contributed by atoms with Gasteiger partial charge in [-0.25, -0.2) is 32.2 Å². The Balaban J connectivity index is 1.21. The number of amides is 1. The molecule has 0 radical (unpaired) electrons. The van der Waals surface area contributed by atoms with Crippen molar-refractivity contribution >= 4 is 43.7 Å². The Labute approximate surface area is 352 Å². The summed E-state index contributed by atoms with van der Waals surface area (Å²) in [5.74, 6) is -3.78. The molecule has 328 valence electrons. The van der Waals surface area contributed by atoms with Gasteiger partial charge < -0.3 is 38.4 Å². The number of piperidine rings is 1. The molecule has 17 nitrogen and oxygen atoms in total. The highest BCUT2D eigenvalue weighted by molar-refractivity contribution is 8.00. The SMILES string of the molecule is CC(OC(=O)CCC(=O)N1CCC(OP(=O)(O)O)CC1)OC(=O)OC(Cn1cncn1)(c1ccc(F)cc1F)C(C)SC1COC(C=CC=Cc2ccc(C#N)cc2F)OC1. The van der Waals surface area contributed by atoms with Crippen LogP contribution < -0.4 is 0 Å². The van der Waals surface area contributed by atoms with Crippen LogP contribution in [0.15, 0.2) is 67.3 Å². The lowest BCUT2D eigenvalue weighted by molar-refractivity contribution is -0.172. The van der Waals surface area contributed by atoms with Crippen molar-refractivity contribution in [1.82, 2.24) is 19.7 Å². The Morgan fingerprint density at radius 3 is 2.43 bits per heavy atom. The van der Waals surface area contributed by atoms with Gasteiger partial charge in [-0.2, -0.15) is 10.4 Å². The van der Waals surface area contributed by atoms with Crippen LogP contribution in [-0.2, 0) is 54.5 Å². The highest BCUT2D eigenvalue weighted by atomic mass is 32.2. The van der Waals surface area contributed by atoms with Gasteiger partial charge in [-0.1, -0.05) is 24.3 Å². The number of thioether (sulfide) groups is 1. The second-order valence-electron chi connectivity index (χ2n) is 13.8. The molecule has 3 aromatic rings. The van der Waals surface area contributed by atoms with Crippen LogP contribution in [0.5, 0.6) is 0 Å². The number of ether oxygens (including phenoxy) is 5. The Hall–Kier alpha value is -5.07. The van der Waals surface area contributed by atoms with E-state index in [-0.39, 0.29) is 75.2 Å². The van der Waals surface area contributed by atoms with Crippen molar-refractivity contribution in [1.29, 1.82) is 5.26 Å². The molecule has 0 saturated carbocycles. The molecule has 22 heteroatoms. The second-order valence-corrected chi connectivity index (χ2v) is 16.7. The zero-order valence-electron chi connectivity index (χ0n) is 32.9. The van der Waals surface area contributed by atoms with E-state index in [9.17, 15) is 27.7 Å². The lowest BCUT2D eigenvalue weighted by atomic mass is 9.89. The van der Waals surface area contributed by atoms with E-state index in [1.54, 1.807) is 25.2 Å². The number of carbonyl (C=O) groups is 3. The normalized spacial score (nSPS) is 19.5. The predicted octanol–water partition coefficient (Wildman–Crippen LogP) is 5.52. The molecule has 2 fully saturated rings. The van der Waals surface area contributed by atoms with Gasteiger partial charge in [0.15, 0.2) is 11.9 Å². The molecule has 2 saturated heterocycles. The van der Waals surface area contributed by atoms with E-state index in [0.29, 0.717) is 6.07 Å². The number of hydrogen-bond donors (Lipinski definition) is 2. The Kier molecular flexibility index (Phi) is 16.7. The molecule has 1 aromatic heterocycles. The van der Waals surface area contributed by atoms with Gasteiger partial charge in [-0.05, 0) is 50.1 Å². The molecule has 0 aliphatic carbocycles. The summed E-state index contributed by atoms with van der Waals surface area (Å²) in [6.45, 7) is 3.13. The third kappa shape index (κ3) is 14.0. The summed E-state index contributed by atoms with van der Waals surface area (Å²) in [4.78, 5) is 62.2. The maximum Gasteiger partial charge on any atom is 0.512 e. The summed E-state index contributed by atoms with van der Waals surface area (Å²) in [7, 11) is -4.67. The lowest BCUT2D eigenvalue weighted by Crippen LogP contribution is -2.47. The van der Waals surface area contributed by atoms with Crippen molar-refractivity contribution in [3.05, 3.63) is 101 Å². The zero-order chi connectivity index (χ0) is 44.2. The number of rotatable bonds is 17. The molecule has 2 aromatic carbocycles. The number of carbonyl (C=O) groups excluding carboxylic acids is 3. The fraction of sp³-hybridized carbons (Fsp3) is 0.436. The van der Waals surface area contributed by atoms with Crippen LogP contribution >= 0.6 is 19.6 Å². The maximum atomic E-state index is 15.8. The molecule has 3 atom stereocenters. The summed E-state index contributed by atoms with van der Waals surface area (Å²) in [6.07, 6.45) is 4.17. The molecular formula is C39H43F3N5O12PS. The lowest BCUT2D eigenvalue weighted by Gasteiger charge is -2.40. The standard InChI is InChI=1S/C39H43F3N5O12PS/c1-25(61-31-20-54-37(55-21-31)6-4-3-5-28-8-7-27(19-43)17-33(28)41)39(22-47-24-44-23-45-47,32-10-9-29(40)18-34(32)42)58-38(50)57-26(2)56-36(49)12-11-35(48)46-15-13-30(14-16-46)59-60(51,52)53/h3-10,17-18,23-26,30-31,37H,11-16,20-22H2,1-2H3,(H2,51,52,53). The van der Waals surface area contributed by atoms with E-state index in [2.05, 4.69) is 14.6 Å². The quantitative estimate of drug-likeness (QED) is 0.0737. The first-order chi connectivity index (χ1) is 29.0. The van der Waals surface area contributed by atoms with E-state index < -0.39 is 78.1 Å². The minimum Gasteiger partial charge on any atom is -0.425 e. The van der Waals surface area contributed by atoms with Crippen molar-refractivity contribution in [2.75, 3.05) is 26.3 Å². The number of esters is 1. The minimum absolute atomic E-state index is 0.131. The molecule has 3 unspecified atom stereocenters. The number of phosphoric acid groups is 1. The predicted molar refractivity (Wildman–Crippen MR) is 209 cm³/mol. The highest BCUT2D eigenvalue weighted by Gasteiger charge is 2.47. The summed E-state index contributed by atoms with van der Waals surface area (Å²) in [6, 6.07) is 8.75. The van der Waals surface area contributed by atoms with Crippen molar-refractivity contribution in [2.45, 2.75) is 80.9 Å². The molecule has 3 heterocycles. The molecule has 0 spiro atoms. The Bertz CT molecular complexity index is 2140. The number of benzene rings is 2. The summed E-state index contributed by atoms with van der Waals surface area (Å²) < 4.78 is 89.4. The molecule has 2 N–H and O–H groups in total. The average Bonchev–Trinajstić information content (AvgIpc) is 3.72. The van der Waals surface area contributed by atoms with Gasteiger partial charge in [-0.15, -0.1) is 11.8 Å². The van der Waals surface area contributed by atoms with E-state index in [4.69, 9.17) is 38.7 Å². The number of phosphoric ester groups is 1. The molecule has 5 rings (SSSR count). The third-order valence-electron chi connectivity index (χ3n) is 9.43. The van der Waals surface area contributed by atoms with Crippen molar-refractivity contribution in [3.8, 4) is 6.07 Å². The molecule has 2 aliphatic heterocycles. The topological polar surface area (TPSA) is 222 Å². The van der Waals surface area contributed by atoms with Gasteiger partial charge in [0.2, 0.25) is 12.2 Å². The molecule has 2 aliphatic rings. The van der Waals surface area contributed by atoms with Crippen LogP contribution in [0.1, 0.15) is 56.2 Å². The van der Waals surface area contributed by atoms with Gasteiger partial charge >= 0.3 is 19.9 Å². The van der Waals surface area contributed by atoms with Gasteiger partial charge in [0.1, 0.15) is 30.1 Å². The Morgan fingerprint density at radius 1 is 1.05 bits per heavy atom. The van der Waals surface area contributed by atoms with Crippen LogP contribution in [0.3, 0.4) is 0 Å². The summed E-state index contributed by atoms with van der Waals surface area (Å²) in [5, 5.41) is 11.8. The van der Waals surface area contributed by atoms with Gasteiger partial charge in [0, 0.05) is 48.9 Å². The van der Waals surface area contributed by atoms with Crippen molar-refractivity contribution < 1.29 is 70.1 Å². The van der Waals surface area contributed by atoms with Crippen molar-refractivity contribution in [3.63, 3.8) is 0 Å². The number of nitriles is 1. The fourth-order valence-electron chi connectivity index (χ4n) is 6.47. The van der Waals surface area contributed by atoms with Crippen molar-refractivity contribution in [2.24, 2.45) is 0 Å². The number of aromatic nitrogens is 3. The number of allylic oxidation sites excluding steroid dienone is 2. The van der Waals surface area contributed by atoms with E-state index >= 15 is 4.39 Å². The van der Waals surface area contributed by atoms with Crippen LogP contribution in [0.2, 0.25) is 0 Å². The van der Waals surface area contributed by atoms with Gasteiger partial charge in [0.05, 0.1) is 49.2 Å². The van der Waals surface area contributed by atoms with E-state index in [1.165, 1.54) is 59.1 Å². The zero-order valence-corrected chi connectivity index (χ0v) is 34.6. The first-order valence-electron chi connectivity index (χ1n) is 18.9. The fourth-order valence-corrected chi connectivity index (χ4v) is 8.43. The first-order valence-corrected chi connectivity index (χ1v) is 21.3. The van der Waals surface area contributed by atoms with Gasteiger partial charge in [-0.3, -0.25) is 14.1 Å². The summed E-state index contributed by atoms with van der Waals surface area (Å²) >= 11 is 1.21. The van der Waals surface area contributed by atoms with Crippen LogP contribution in [0, 0.1) is 28.8 Å². The molecule has 0 bridgehead atoms. The highest BCUT2D eigenvalue weighted by Crippen LogP contribution is 2.43. The van der Waals surface area contributed by atoms with Crippen LogP contribution in [-0.4, -0.2) is 103 Å². The van der Waals surface area contributed by atoms with E-state index in [0.717, 1.165) is 18.2 Å². The largest absolute Gasteiger partial charge is 0.512 e. The second kappa shape index (κ2) is 21.6. The smallest absolute Gasteiger partial charge is 0.425 e. The number of hydrogen-bond acceptors (Lipinski definition) is 14.